The molecule has 0 aliphatic carbocycles. The van der Waals surface area contributed by atoms with Gasteiger partial charge in [0, 0.05) is 10.9 Å². The van der Waals surface area contributed by atoms with E-state index < -0.39 is 11.7 Å². The number of hydrogen-bond donors (Lipinski definition) is 2. The van der Waals surface area contributed by atoms with Gasteiger partial charge in [0.15, 0.2) is 5.13 Å². The molecule has 30 heavy (non-hydrogen) atoms. The number of nitrogens with one attached hydrogen (secondary N) is 2. The number of anilines is 2. The average Bonchev–Trinajstić information content (AvgIpc) is 3.38. The fourth-order valence-electron chi connectivity index (χ4n) is 2.55. The van der Waals surface area contributed by atoms with Gasteiger partial charge in [0.2, 0.25) is 11.0 Å². The zero-order valence-corrected chi connectivity index (χ0v) is 17.0. The topological polar surface area (TPSA) is 96.9 Å². The molecule has 0 bridgehead atoms. The third kappa shape index (κ3) is 4.73. The van der Waals surface area contributed by atoms with Gasteiger partial charge in [-0.05, 0) is 12.1 Å². The van der Waals surface area contributed by atoms with Crippen molar-refractivity contribution in [3.63, 3.8) is 0 Å². The van der Waals surface area contributed by atoms with Crippen molar-refractivity contribution < 1.29 is 14.0 Å². The van der Waals surface area contributed by atoms with Gasteiger partial charge in [0.05, 0.1) is 17.7 Å². The molecule has 0 radical (unpaired) electrons. The van der Waals surface area contributed by atoms with E-state index in [0.29, 0.717) is 15.8 Å². The molecule has 2 aromatic carbocycles. The molecule has 2 aromatic heterocycles. The van der Waals surface area contributed by atoms with E-state index >= 15 is 0 Å². The van der Waals surface area contributed by atoms with Crippen molar-refractivity contribution in [3.05, 3.63) is 77.1 Å². The molecule has 2 N–H and O–H groups in total. The van der Waals surface area contributed by atoms with Gasteiger partial charge in [-0.25, -0.2) is 9.37 Å². The summed E-state index contributed by atoms with van der Waals surface area (Å²) < 4.78 is 13.7. The average molecular weight is 439 g/mol. The van der Waals surface area contributed by atoms with E-state index in [-0.39, 0.29) is 23.0 Å². The summed E-state index contributed by atoms with van der Waals surface area (Å²) in [5.41, 5.74) is 1.33. The van der Waals surface area contributed by atoms with E-state index in [2.05, 4.69) is 25.8 Å². The van der Waals surface area contributed by atoms with Crippen LogP contribution in [0.15, 0.2) is 60.0 Å². The molecular formula is C20H14FN5O2S2. The van der Waals surface area contributed by atoms with Gasteiger partial charge in [-0.2, -0.15) is 0 Å². The van der Waals surface area contributed by atoms with E-state index in [1.807, 2.05) is 30.3 Å². The number of nitrogens with zero attached hydrogens (tertiary/aromatic N) is 3. The molecule has 2 heterocycles. The number of rotatable bonds is 6. The van der Waals surface area contributed by atoms with Crippen LogP contribution in [0.5, 0.6) is 0 Å². The fraction of sp³-hybridized carbons (Fsp3) is 0.0500. The van der Waals surface area contributed by atoms with Crippen LogP contribution in [-0.4, -0.2) is 27.0 Å². The number of carbonyl (C=O) groups excluding carboxylic acids is 2. The van der Waals surface area contributed by atoms with Crippen molar-refractivity contribution in [1.29, 1.82) is 0 Å². The van der Waals surface area contributed by atoms with Gasteiger partial charge in [-0.3, -0.25) is 14.9 Å². The molecular weight excluding hydrogens is 425 g/mol. The Bertz CT molecular complexity index is 1190. The van der Waals surface area contributed by atoms with Crippen LogP contribution in [0.4, 0.5) is 14.7 Å². The minimum absolute atomic E-state index is 0.00627. The Labute approximate surface area is 178 Å². The second-order valence-corrected chi connectivity index (χ2v) is 7.92. The van der Waals surface area contributed by atoms with Gasteiger partial charge in [-0.15, -0.1) is 21.5 Å². The number of aromatic nitrogens is 3. The Morgan fingerprint density at radius 2 is 1.70 bits per heavy atom. The maximum Gasteiger partial charge on any atom is 0.260 e. The van der Waals surface area contributed by atoms with Crippen molar-refractivity contribution >= 4 is 44.8 Å². The Kier molecular flexibility index (Phi) is 5.87. The zero-order valence-electron chi connectivity index (χ0n) is 15.3. The highest BCUT2D eigenvalue weighted by molar-refractivity contribution is 7.18. The van der Waals surface area contributed by atoms with Gasteiger partial charge in [0.25, 0.3) is 5.91 Å². The van der Waals surface area contributed by atoms with E-state index in [1.165, 1.54) is 29.5 Å². The predicted octanol–water partition coefficient (Wildman–Crippen LogP) is 4.23. The molecule has 0 aliphatic heterocycles. The van der Waals surface area contributed by atoms with Crippen molar-refractivity contribution in [2.75, 3.05) is 10.6 Å². The molecule has 7 nitrogen and oxygen atoms in total. The van der Waals surface area contributed by atoms with E-state index in [0.717, 1.165) is 16.9 Å². The first-order valence-electron chi connectivity index (χ1n) is 8.77. The quantitative estimate of drug-likeness (QED) is 0.469. The van der Waals surface area contributed by atoms with Gasteiger partial charge in [0.1, 0.15) is 10.8 Å². The van der Waals surface area contributed by atoms with Gasteiger partial charge in [-0.1, -0.05) is 53.8 Å². The highest BCUT2D eigenvalue weighted by atomic mass is 32.1. The van der Waals surface area contributed by atoms with Gasteiger partial charge < -0.3 is 5.32 Å². The Hall–Kier alpha value is -3.50. The summed E-state index contributed by atoms with van der Waals surface area (Å²) in [6.45, 7) is 0. The number of amides is 2. The van der Waals surface area contributed by atoms with Crippen molar-refractivity contribution in [2.24, 2.45) is 0 Å². The number of carbonyl (C=O) groups is 2. The minimum atomic E-state index is -0.613. The Balaban J connectivity index is 1.35. The molecule has 4 aromatic rings. The monoisotopic (exact) mass is 439 g/mol. The lowest BCUT2D eigenvalue weighted by molar-refractivity contribution is -0.115. The highest BCUT2D eigenvalue weighted by Gasteiger charge is 2.15. The predicted molar refractivity (Wildman–Crippen MR) is 114 cm³/mol. The normalized spacial score (nSPS) is 10.6. The fourth-order valence-corrected chi connectivity index (χ4v) is 4.03. The van der Waals surface area contributed by atoms with Gasteiger partial charge >= 0.3 is 0 Å². The molecule has 2 amide bonds. The number of thiazole rings is 1. The van der Waals surface area contributed by atoms with Crippen LogP contribution < -0.4 is 10.6 Å². The molecule has 0 spiro atoms. The standard InChI is InChI=1S/C20H14FN5O2S2/c21-15-9-5-4-8-14(15)17(28)24-19-22-13(11-29-19)10-16(27)23-20-26-25-18(30-20)12-6-2-1-3-7-12/h1-9,11H,10H2,(H,22,24,28)(H,23,26,27). The number of halogens is 1. The lowest BCUT2D eigenvalue weighted by Crippen LogP contribution is -2.15. The van der Waals surface area contributed by atoms with E-state index in [1.54, 1.807) is 11.4 Å². The smallest absolute Gasteiger partial charge is 0.260 e. The van der Waals surface area contributed by atoms with Crippen LogP contribution in [0.3, 0.4) is 0 Å². The molecule has 0 fully saturated rings. The summed E-state index contributed by atoms with van der Waals surface area (Å²) in [5.74, 6) is -1.51. The summed E-state index contributed by atoms with van der Waals surface area (Å²) in [5, 5.41) is 16.3. The van der Waals surface area contributed by atoms with Crippen molar-refractivity contribution in [3.8, 4) is 10.6 Å². The van der Waals surface area contributed by atoms with Crippen molar-refractivity contribution in [2.45, 2.75) is 6.42 Å². The van der Waals surface area contributed by atoms with Crippen LogP contribution in [0.25, 0.3) is 10.6 Å². The van der Waals surface area contributed by atoms with Crippen LogP contribution >= 0.6 is 22.7 Å². The first-order valence-corrected chi connectivity index (χ1v) is 10.5. The van der Waals surface area contributed by atoms with E-state index in [4.69, 9.17) is 0 Å². The van der Waals surface area contributed by atoms with Crippen LogP contribution in [0.1, 0.15) is 16.1 Å². The summed E-state index contributed by atoms with van der Waals surface area (Å²) in [6, 6.07) is 15.2. The Morgan fingerprint density at radius 1 is 0.933 bits per heavy atom. The van der Waals surface area contributed by atoms with E-state index in [9.17, 15) is 14.0 Å². The molecule has 0 saturated carbocycles. The highest BCUT2D eigenvalue weighted by Crippen LogP contribution is 2.26. The molecule has 0 unspecified atom stereocenters. The zero-order chi connectivity index (χ0) is 20.9. The summed E-state index contributed by atoms with van der Waals surface area (Å²) in [4.78, 5) is 28.6. The first kappa shape index (κ1) is 19.8. The summed E-state index contributed by atoms with van der Waals surface area (Å²) in [7, 11) is 0. The number of hydrogen-bond acceptors (Lipinski definition) is 7. The second kappa shape index (κ2) is 8.89. The lowest BCUT2D eigenvalue weighted by Gasteiger charge is -2.02. The molecule has 150 valence electrons. The summed E-state index contributed by atoms with van der Waals surface area (Å²) in [6.07, 6.45) is 0.00627. The largest absolute Gasteiger partial charge is 0.300 e. The summed E-state index contributed by atoms with van der Waals surface area (Å²) >= 11 is 2.43. The maximum absolute atomic E-state index is 13.7. The van der Waals surface area contributed by atoms with Crippen molar-refractivity contribution in [1.82, 2.24) is 15.2 Å². The number of benzene rings is 2. The molecule has 0 aliphatic rings. The molecule has 0 atom stereocenters. The SMILES string of the molecule is O=C(Cc1csc(NC(=O)c2ccccc2F)n1)Nc1nnc(-c2ccccc2)s1. The molecule has 10 heteroatoms. The van der Waals surface area contributed by atoms with Crippen LogP contribution in [0.2, 0.25) is 0 Å². The third-order valence-electron chi connectivity index (χ3n) is 3.92. The maximum atomic E-state index is 13.7. The molecule has 4 rings (SSSR count). The third-order valence-corrected chi connectivity index (χ3v) is 5.62. The lowest BCUT2D eigenvalue weighted by atomic mass is 10.2. The Morgan fingerprint density at radius 3 is 2.50 bits per heavy atom. The van der Waals surface area contributed by atoms with Crippen LogP contribution in [-0.2, 0) is 11.2 Å². The first-order chi connectivity index (χ1) is 14.6. The van der Waals surface area contributed by atoms with Crippen LogP contribution in [0, 0.1) is 5.82 Å². The second-order valence-electron chi connectivity index (χ2n) is 6.08. The molecule has 0 saturated heterocycles. The minimum Gasteiger partial charge on any atom is -0.300 e.